The Morgan fingerprint density at radius 2 is 1.05 bits per heavy atom. The molecule has 4 rings (SSSR count). The van der Waals surface area contributed by atoms with Gasteiger partial charge in [0.2, 0.25) is 0 Å². The lowest BCUT2D eigenvalue weighted by Gasteiger charge is -2.29. The van der Waals surface area contributed by atoms with Gasteiger partial charge in [-0.1, -0.05) is 97.4 Å². The number of rotatable bonds is 24. The monoisotopic (exact) mass is 860 g/mol. The number of aromatic nitrogens is 4. The van der Waals surface area contributed by atoms with Crippen LogP contribution >= 0.6 is 0 Å². The van der Waals surface area contributed by atoms with E-state index in [1.807, 2.05) is 51.1 Å². The van der Waals surface area contributed by atoms with Crippen LogP contribution in [0.2, 0.25) is 0 Å². The molecule has 0 saturated heterocycles. The van der Waals surface area contributed by atoms with E-state index in [-0.39, 0.29) is 54.7 Å². The first kappa shape index (κ1) is 49.7. The van der Waals surface area contributed by atoms with Crippen LogP contribution in [0.4, 0.5) is 4.79 Å². The van der Waals surface area contributed by atoms with E-state index in [2.05, 4.69) is 13.8 Å². The van der Waals surface area contributed by atoms with Gasteiger partial charge in [0, 0.05) is 39.3 Å². The van der Waals surface area contributed by atoms with E-state index in [0.29, 0.717) is 73.5 Å². The molecular weight excluding hydrogens is 787 g/mol. The lowest BCUT2D eigenvalue weighted by atomic mass is 9.78. The number of aryl methyl sites for hydroxylation is 2. The summed E-state index contributed by atoms with van der Waals surface area (Å²) in [6, 6.07) is 14.5. The maximum atomic E-state index is 13.7. The fourth-order valence-corrected chi connectivity index (χ4v) is 8.04. The van der Waals surface area contributed by atoms with Gasteiger partial charge in [-0.2, -0.15) is 0 Å². The number of amides is 1. The molecule has 13 heteroatoms. The number of para-hydroxylation sites is 2. The summed E-state index contributed by atoms with van der Waals surface area (Å²) in [5, 5.41) is 1.01. The molecule has 2 aromatic heterocycles. The quantitative estimate of drug-likeness (QED) is 0.0502. The molecule has 4 aromatic rings. The molecule has 0 aliphatic carbocycles. The van der Waals surface area contributed by atoms with Crippen LogP contribution in [0.15, 0.2) is 67.7 Å². The lowest BCUT2D eigenvalue weighted by molar-refractivity contribution is -0.153. The molecule has 1 unspecified atom stereocenters. The van der Waals surface area contributed by atoms with Gasteiger partial charge in [0.05, 0.1) is 34.3 Å². The summed E-state index contributed by atoms with van der Waals surface area (Å²) < 4.78 is 17.5. The van der Waals surface area contributed by atoms with Gasteiger partial charge in [-0.25, -0.2) is 14.4 Å². The Morgan fingerprint density at radius 3 is 1.53 bits per heavy atom. The largest absolute Gasteiger partial charge is 0.465 e. The molecule has 2 aromatic carbocycles. The minimum absolute atomic E-state index is 0.146. The number of fused-ring (bicyclic) bond motifs is 2. The summed E-state index contributed by atoms with van der Waals surface area (Å²) in [6.45, 7) is 17.8. The van der Waals surface area contributed by atoms with E-state index in [4.69, 9.17) is 9.47 Å². The van der Waals surface area contributed by atoms with Crippen molar-refractivity contribution < 1.29 is 19.1 Å². The highest BCUT2D eigenvalue weighted by molar-refractivity contribution is 5.78. The van der Waals surface area contributed by atoms with E-state index in [0.717, 1.165) is 51.4 Å². The van der Waals surface area contributed by atoms with Gasteiger partial charge in [0.25, 0.3) is 11.1 Å². The van der Waals surface area contributed by atoms with Crippen molar-refractivity contribution in [3.8, 4) is 0 Å². The van der Waals surface area contributed by atoms with Gasteiger partial charge < -0.3 is 14.4 Å². The molecule has 62 heavy (non-hydrogen) atoms. The second-order valence-electron chi connectivity index (χ2n) is 18.7. The van der Waals surface area contributed by atoms with Crippen LogP contribution in [-0.4, -0.2) is 60.5 Å². The zero-order valence-corrected chi connectivity index (χ0v) is 38.8. The van der Waals surface area contributed by atoms with Crippen molar-refractivity contribution in [3.05, 3.63) is 90.2 Å². The standard InChI is InChI=1S/C49H73N5O8/c1-9-11-13-19-32-51-40-28-17-15-25-37(40)42(55)53(45(51)58)34-23-27-39(48(3,4)5)44(57)61-36-22-21-30-50(47(60)62-49(6,7)8)31-24-35-54-43(56)38-26-16-18-29-41(38)52(46(54)59)33-20-14-12-10-2/h15-18,25-26,28-29,39H,9-14,19-24,27,30-36H2,1-8H3. The maximum Gasteiger partial charge on any atom is 0.410 e. The molecule has 1 atom stereocenters. The third-order valence-corrected chi connectivity index (χ3v) is 11.5. The summed E-state index contributed by atoms with van der Waals surface area (Å²) in [4.78, 5) is 82.9. The number of hydrogen-bond acceptors (Lipinski definition) is 8. The van der Waals surface area contributed by atoms with E-state index in [9.17, 15) is 28.8 Å². The minimum atomic E-state index is -0.722. The predicted octanol–water partition coefficient (Wildman–Crippen LogP) is 8.89. The zero-order chi connectivity index (χ0) is 45.5. The molecule has 0 saturated carbocycles. The van der Waals surface area contributed by atoms with Gasteiger partial charge in [-0.15, -0.1) is 0 Å². The predicted molar refractivity (Wildman–Crippen MR) is 248 cm³/mol. The van der Waals surface area contributed by atoms with Crippen molar-refractivity contribution >= 4 is 33.9 Å². The van der Waals surface area contributed by atoms with E-state index >= 15 is 0 Å². The van der Waals surface area contributed by atoms with Gasteiger partial charge in [-0.05, 0) is 95.4 Å². The minimum Gasteiger partial charge on any atom is -0.465 e. The van der Waals surface area contributed by atoms with E-state index in [1.165, 1.54) is 9.13 Å². The third kappa shape index (κ3) is 13.8. The Bertz CT molecular complexity index is 2320. The number of benzene rings is 2. The molecule has 342 valence electrons. The molecule has 0 N–H and O–H groups in total. The first-order chi connectivity index (χ1) is 29.5. The molecule has 0 spiro atoms. The first-order valence-electron chi connectivity index (χ1n) is 23.1. The summed E-state index contributed by atoms with van der Waals surface area (Å²) >= 11 is 0. The Labute approximate surface area is 367 Å². The van der Waals surface area contributed by atoms with E-state index < -0.39 is 23.0 Å². The first-order valence-corrected chi connectivity index (χ1v) is 23.1. The third-order valence-electron chi connectivity index (χ3n) is 11.5. The fraction of sp³-hybridized carbons (Fsp3) is 0.633. The molecule has 0 bridgehead atoms. The topological polar surface area (TPSA) is 144 Å². The number of esters is 1. The number of carbonyl (C=O) groups is 2. The molecular formula is C49H73N5O8. The zero-order valence-electron chi connectivity index (χ0n) is 38.8. The number of nitrogens with zero attached hydrogens (tertiary/aromatic N) is 5. The van der Waals surface area contributed by atoms with Crippen molar-refractivity contribution in [3.63, 3.8) is 0 Å². The molecule has 13 nitrogen and oxygen atoms in total. The fourth-order valence-electron chi connectivity index (χ4n) is 8.04. The van der Waals surface area contributed by atoms with Gasteiger partial charge in [0.1, 0.15) is 5.60 Å². The highest BCUT2D eigenvalue weighted by Crippen LogP contribution is 2.31. The van der Waals surface area contributed by atoms with Crippen LogP contribution < -0.4 is 22.5 Å². The molecule has 0 aliphatic heterocycles. The van der Waals surface area contributed by atoms with Gasteiger partial charge >= 0.3 is 23.4 Å². The van der Waals surface area contributed by atoms with Gasteiger partial charge in [-0.3, -0.25) is 32.7 Å². The SMILES string of the molecule is CCCCCCn1c(=O)n(CCCC(C(=O)OCCCCN(CCCn2c(=O)c3ccccc3n(CCCCCC)c2=O)C(=O)OC(C)(C)C)C(C)(C)C)c(=O)c2ccccc21. The van der Waals surface area contributed by atoms with Crippen LogP contribution in [0.3, 0.4) is 0 Å². The van der Waals surface area contributed by atoms with Crippen LogP contribution in [0.5, 0.6) is 0 Å². The molecule has 1 amide bonds. The molecule has 0 fully saturated rings. The Kier molecular flexibility index (Phi) is 18.8. The Morgan fingerprint density at radius 1 is 0.581 bits per heavy atom. The lowest BCUT2D eigenvalue weighted by Crippen LogP contribution is -2.42. The average Bonchev–Trinajstić information content (AvgIpc) is 3.22. The number of hydrogen-bond donors (Lipinski definition) is 0. The highest BCUT2D eigenvalue weighted by atomic mass is 16.6. The highest BCUT2D eigenvalue weighted by Gasteiger charge is 2.32. The van der Waals surface area contributed by atoms with Crippen LogP contribution in [0.1, 0.15) is 139 Å². The smallest absolute Gasteiger partial charge is 0.410 e. The summed E-state index contributed by atoms with van der Waals surface area (Å²) in [5.41, 5.74) is -1.18. The van der Waals surface area contributed by atoms with Crippen LogP contribution in [0.25, 0.3) is 21.8 Å². The van der Waals surface area contributed by atoms with Crippen molar-refractivity contribution in [2.75, 3.05) is 19.7 Å². The summed E-state index contributed by atoms with van der Waals surface area (Å²) in [5.74, 6) is -0.801. The van der Waals surface area contributed by atoms with Crippen LogP contribution in [-0.2, 0) is 40.4 Å². The normalized spacial score (nSPS) is 12.5. The second-order valence-corrected chi connectivity index (χ2v) is 18.7. The number of unbranched alkanes of at least 4 members (excludes halogenated alkanes) is 7. The summed E-state index contributed by atoms with van der Waals surface area (Å²) in [7, 11) is 0. The number of ether oxygens (including phenoxy) is 2. The maximum absolute atomic E-state index is 13.7. The molecule has 2 heterocycles. The molecule has 0 radical (unpaired) electrons. The number of carbonyl (C=O) groups excluding carboxylic acids is 2. The van der Waals surface area contributed by atoms with Gasteiger partial charge in [0.15, 0.2) is 0 Å². The van der Waals surface area contributed by atoms with Crippen molar-refractivity contribution in [1.82, 2.24) is 23.2 Å². The Hall–Kier alpha value is -4.94. The van der Waals surface area contributed by atoms with Crippen molar-refractivity contribution in [2.24, 2.45) is 11.3 Å². The summed E-state index contributed by atoms with van der Waals surface area (Å²) in [6.07, 6.45) is 9.82. The average molecular weight is 860 g/mol. The molecule has 0 aliphatic rings. The van der Waals surface area contributed by atoms with Crippen molar-refractivity contribution in [1.29, 1.82) is 0 Å². The van der Waals surface area contributed by atoms with E-state index in [1.54, 1.807) is 53.0 Å². The van der Waals surface area contributed by atoms with Crippen LogP contribution in [0, 0.1) is 11.3 Å². The Balaban J connectivity index is 1.36. The van der Waals surface area contributed by atoms with Crippen molar-refractivity contribution in [2.45, 2.75) is 171 Å². The second kappa shape index (κ2) is 23.5.